The van der Waals surface area contributed by atoms with Crippen molar-refractivity contribution in [3.8, 4) is 0 Å². The standard InChI is InChI=1S/C13H27N3O3/c1-11(10-18-2)16-13(14)15-9-7-5-4-6-8-12(17)19-3/h11H,4-10H2,1-3H3,(H3,14,15,16). The number of nitrogens with one attached hydrogen (secondary N) is 1. The molecule has 0 aliphatic heterocycles. The van der Waals surface area contributed by atoms with Gasteiger partial charge in [-0.2, -0.15) is 0 Å². The van der Waals surface area contributed by atoms with E-state index in [-0.39, 0.29) is 12.0 Å². The van der Waals surface area contributed by atoms with Gasteiger partial charge in [-0.25, -0.2) is 0 Å². The first-order valence-corrected chi connectivity index (χ1v) is 6.72. The lowest BCUT2D eigenvalue weighted by Crippen LogP contribution is -2.40. The maximum atomic E-state index is 10.9. The Kier molecular flexibility index (Phi) is 11.0. The van der Waals surface area contributed by atoms with Crippen LogP contribution in [0.1, 0.15) is 39.0 Å². The van der Waals surface area contributed by atoms with Gasteiger partial charge in [0, 0.05) is 26.1 Å². The van der Waals surface area contributed by atoms with Crippen molar-refractivity contribution >= 4 is 11.9 Å². The number of ether oxygens (including phenoxy) is 2. The molecule has 0 saturated carbocycles. The van der Waals surface area contributed by atoms with E-state index in [1.807, 2.05) is 6.92 Å². The number of aliphatic imine (C=N–C) groups is 1. The summed E-state index contributed by atoms with van der Waals surface area (Å²) in [5, 5.41) is 3.05. The molecule has 0 saturated heterocycles. The van der Waals surface area contributed by atoms with Crippen molar-refractivity contribution < 1.29 is 14.3 Å². The molecule has 0 aromatic carbocycles. The summed E-state index contributed by atoms with van der Waals surface area (Å²) in [6.45, 7) is 3.29. The highest BCUT2D eigenvalue weighted by Crippen LogP contribution is 2.03. The van der Waals surface area contributed by atoms with E-state index in [0.717, 1.165) is 25.7 Å². The summed E-state index contributed by atoms with van der Waals surface area (Å²) in [5.41, 5.74) is 5.73. The average Bonchev–Trinajstić information content (AvgIpc) is 2.37. The fraction of sp³-hybridized carbons (Fsp3) is 0.846. The Labute approximate surface area is 115 Å². The van der Waals surface area contributed by atoms with Crippen LogP contribution in [0.5, 0.6) is 0 Å². The van der Waals surface area contributed by atoms with Gasteiger partial charge in [-0.3, -0.25) is 9.79 Å². The first-order chi connectivity index (χ1) is 9.10. The van der Waals surface area contributed by atoms with E-state index < -0.39 is 0 Å². The Bertz CT molecular complexity index is 270. The maximum absolute atomic E-state index is 10.9. The molecule has 0 radical (unpaired) electrons. The van der Waals surface area contributed by atoms with Crippen LogP contribution in [-0.2, 0) is 14.3 Å². The van der Waals surface area contributed by atoms with Gasteiger partial charge in [-0.15, -0.1) is 0 Å². The van der Waals surface area contributed by atoms with Gasteiger partial charge < -0.3 is 20.5 Å². The van der Waals surface area contributed by atoms with Crippen molar-refractivity contribution in [3.05, 3.63) is 0 Å². The topological polar surface area (TPSA) is 85.9 Å². The highest BCUT2D eigenvalue weighted by molar-refractivity contribution is 5.78. The van der Waals surface area contributed by atoms with Crippen LogP contribution in [0.3, 0.4) is 0 Å². The normalized spacial score (nSPS) is 13.1. The molecular weight excluding hydrogens is 246 g/mol. The summed E-state index contributed by atoms with van der Waals surface area (Å²) >= 11 is 0. The first-order valence-electron chi connectivity index (χ1n) is 6.72. The van der Waals surface area contributed by atoms with Crippen molar-refractivity contribution in [1.82, 2.24) is 5.32 Å². The summed E-state index contributed by atoms with van der Waals surface area (Å²) in [6, 6.07) is 0.161. The lowest BCUT2D eigenvalue weighted by Gasteiger charge is -2.12. The number of carbonyl (C=O) groups is 1. The minimum Gasteiger partial charge on any atom is -0.469 e. The molecule has 3 N–H and O–H groups in total. The number of nitrogens with zero attached hydrogens (tertiary/aromatic N) is 1. The van der Waals surface area contributed by atoms with Crippen LogP contribution in [0.15, 0.2) is 4.99 Å². The van der Waals surface area contributed by atoms with Gasteiger partial charge in [0.2, 0.25) is 0 Å². The quantitative estimate of drug-likeness (QED) is 0.269. The molecule has 0 heterocycles. The monoisotopic (exact) mass is 273 g/mol. The van der Waals surface area contributed by atoms with Crippen LogP contribution in [0.4, 0.5) is 0 Å². The lowest BCUT2D eigenvalue weighted by molar-refractivity contribution is -0.140. The van der Waals surface area contributed by atoms with E-state index >= 15 is 0 Å². The van der Waals surface area contributed by atoms with E-state index in [2.05, 4.69) is 15.0 Å². The van der Waals surface area contributed by atoms with Crippen LogP contribution in [-0.4, -0.2) is 45.3 Å². The molecule has 1 unspecified atom stereocenters. The molecule has 0 rings (SSSR count). The van der Waals surface area contributed by atoms with E-state index in [4.69, 9.17) is 10.5 Å². The van der Waals surface area contributed by atoms with Crippen molar-refractivity contribution in [2.24, 2.45) is 10.7 Å². The summed E-state index contributed by atoms with van der Waals surface area (Å²) in [7, 11) is 3.07. The molecule has 0 aliphatic carbocycles. The number of guanidine groups is 1. The average molecular weight is 273 g/mol. The number of carbonyl (C=O) groups excluding carboxylic acids is 1. The molecule has 0 aliphatic rings. The molecule has 6 heteroatoms. The van der Waals surface area contributed by atoms with Gasteiger partial charge in [-0.1, -0.05) is 12.8 Å². The molecule has 0 aromatic heterocycles. The number of methoxy groups -OCH3 is 2. The third kappa shape index (κ3) is 11.5. The van der Waals surface area contributed by atoms with Crippen LogP contribution in [0.25, 0.3) is 0 Å². The molecular formula is C13H27N3O3. The predicted octanol–water partition coefficient (Wildman–Crippen LogP) is 1.05. The lowest BCUT2D eigenvalue weighted by atomic mass is 10.1. The fourth-order valence-electron chi connectivity index (χ4n) is 1.63. The second-order valence-corrected chi connectivity index (χ2v) is 4.51. The van der Waals surface area contributed by atoms with Gasteiger partial charge in [0.15, 0.2) is 5.96 Å². The Hall–Kier alpha value is -1.30. The molecule has 0 aromatic rings. The minimum absolute atomic E-state index is 0.140. The van der Waals surface area contributed by atoms with Crippen LogP contribution in [0, 0.1) is 0 Å². The highest BCUT2D eigenvalue weighted by Gasteiger charge is 2.01. The Morgan fingerprint density at radius 1 is 1.26 bits per heavy atom. The Morgan fingerprint density at radius 2 is 1.95 bits per heavy atom. The van der Waals surface area contributed by atoms with Crippen LogP contribution >= 0.6 is 0 Å². The molecule has 0 amide bonds. The number of unbranched alkanes of at least 4 members (excludes halogenated alkanes) is 3. The molecule has 0 bridgehead atoms. The van der Waals surface area contributed by atoms with Crippen LogP contribution < -0.4 is 11.1 Å². The zero-order valence-corrected chi connectivity index (χ0v) is 12.3. The third-order valence-corrected chi connectivity index (χ3v) is 2.61. The van der Waals surface area contributed by atoms with Crippen molar-refractivity contribution in [2.45, 2.75) is 45.1 Å². The molecule has 0 spiro atoms. The third-order valence-electron chi connectivity index (χ3n) is 2.61. The van der Waals surface area contributed by atoms with Gasteiger partial charge in [0.25, 0.3) is 0 Å². The predicted molar refractivity (Wildman–Crippen MR) is 76.1 cm³/mol. The highest BCUT2D eigenvalue weighted by atomic mass is 16.5. The SMILES string of the molecule is COCC(C)NC(N)=NCCCCCCC(=O)OC. The van der Waals surface area contributed by atoms with Gasteiger partial charge in [-0.05, 0) is 19.8 Å². The fourth-order valence-corrected chi connectivity index (χ4v) is 1.63. The van der Waals surface area contributed by atoms with Gasteiger partial charge in [0.1, 0.15) is 0 Å². The van der Waals surface area contributed by atoms with Gasteiger partial charge >= 0.3 is 5.97 Å². The second-order valence-electron chi connectivity index (χ2n) is 4.51. The largest absolute Gasteiger partial charge is 0.469 e. The summed E-state index contributed by atoms with van der Waals surface area (Å²) in [5.74, 6) is 0.317. The number of rotatable bonds is 10. The van der Waals surface area contributed by atoms with Gasteiger partial charge in [0.05, 0.1) is 13.7 Å². The Balaban J connectivity index is 3.48. The zero-order valence-electron chi connectivity index (χ0n) is 12.3. The smallest absolute Gasteiger partial charge is 0.305 e. The number of hydrogen-bond acceptors (Lipinski definition) is 4. The van der Waals surface area contributed by atoms with Crippen molar-refractivity contribution in [1.29, 1.82) is 0 Å². The Morgan fingerprint density at radius 3 is 2.58 bits per heavy atom. The van der Waals surface area contributed by atoms with Crippen molar-refractivity contribution in [3.63, 3.8) is 0 Å². The molecule has 112 valence electrons. The minimum atomic E-state index is -0.140. The zero-order chi connectivity index (χ0) is 14.5. The number of esters is 1. The van der Waals surface area contributed by atoms with Crippen LogP contribution in [0.2, 0.25) is 0 Å². The maximum Gasteiger partial charge on any atom is 0.305 e. The van der Waals surface area contributed by atoms with E-state index in [1.165, 1.54) is 7.11 Å². The summed E-state index contributed by atoms with van der Waals surface area (Å²) in [6.07, 6.45) is 4.40. The molecule has 0 fully saturated rings. The number of nitrogens with two attached hydrogens (primary N) is 1. The summed E-state index contributed by atoms with van der Waals surface area (Å²) < 4.78 is 9.56. The van der Waals surface area contributed by atoms with E-state index in [9.17, 15) is 4.79 Å². The molecule has 19 heavy (non-hydrogen) atoms. The molecule has 6 nitrogen and oxygen atoms in total. The summed E-state index contributed by atoms with van der Waals surface area (Å²) in [4.78, 5) is 15.1. The van der Waals surface area contributed by atoms with Crippen molar-refractivity contribution in [2.75, 3.05) is 27.4 Å². The number of hydrogen-bond donors (Lipinski definition) is 2. The first kappa shape index (κ1) is 17.7. The second kappa shape index (κ2) is 11.8. The molecule has 1 atom stereocenters. The van der Waals surface area contributed by atoms with E-state index in [1.54, 1.807) is 7.11 Å². The van der Waals surface area contributed by atoms with E-state index in [0.29, 0.717) is 25.5 Å².